The van der Waals surface area contributed by atoms with Crippen molar-refractivity contribution in [3.63, 3.8) is 0 Å². The molecule has 0 spiro atoms. The average Bonchev–Trinajstić information content (AvgIpc) is 3.21. The molecule has 0 aliphatic carbocycles. The third kappa shape index (κ3) is 4.09. The molecule has 1 heterocycles. The first-order chi connectivity index (χ1) is 13.8. The fourth-order valence-electron chi connectivity index (χ4n) is 2.61. The lowest BCUT2D eigenvalue weighted by atomic mass is 10.1. The van der Waals surface area contributed by atoms with E-state index >= 15 is 0 Å². The Bertz CT molecular complexity index is 1190. The fraction of sp³-hybridized carbons (Fsp3) is 0.0500. The number of sulfone groups is 1. The smallest absolute Gasteiger partial charge is 0.373 e. The number of carbonyl (C=O) groups is 1. The summed E-state index contributed by atoms with van der Waals surface area (Å²) in [5, 5.41) is 11.3. The first-order valence-electron chi connectivity index (χ1n) is 8.28. The van der Waals surface area contributed by atoms with Crippen LogP contribution in [0.4, 0.5) is 5.69 Å². The van der Waals surface area contributed by atoms with E-state index in [1.165, 1.54) is 42.5 Å². The minimum Gasteiger partial charge on any atom is -0.463 e. The number of esters is 1. The van der Waals surface area contributed by atoms with E-state index in [0.717, 1.165) is 13.2 Å². The number of rotatable bonds is 6. The molecule has 0 saturated heterocycles. The largest absolute Gasteiger partial charge is 0.463 e. The van der Waals surface area contributed by atoms with E-state index in [0.29, 0.717) is 0 Å². The number of hydrogen-bond acceptors (Lipinski definition) is 7. The monoisotopic (exact) mass is 413 g/mol. The summed E-state index contributed by atoms with van der Waals surface area (Å²) in [6, 6.07) is 15.8. The van der Waals surface area contributed by atoms with Gasteiger partial charge in [-0.05, 0) is 36.4 Å². The molecule has 3 rings (SSSR count). The van der Waals surface area contributed by atoms with Crippen molar-refractivity contribution in [1.82, 2.24) is 0 Å². The van der Waals surface area contributed by atoms with E-state index in [9.17, 15) is 23.3 Å². The van der Waals surface area contributed by atoms with Gasteiger partial charge < -0.3 is 9.15 Å². The number of para-hydroxylation sites is 1. The Morgan fingerprint density at radius 1 is 1.00 bits per heavy atom. The van der Waals surface area contributed by atoms with Crippen molar-refractivity contribution in [2.24, 2.45) is 0 Å². The number of nitro groups is 1. The Hall–Kier alpha value is -3.72. The maximum Gasteiger partial charge on any atom is 0.373 e. The van der Waals surface area contributed by atoms with Crippen molar-refractivity contribution in [2.45, 2.75) is 4.90 Å². The predicted octanol–water partition coefficient (Wildman–Crippen LogP) is 3.95. The van der Waals surface area contributed by atoms with Gasteiger partial charge >= 0.3 is 5.97 Å². The number of hydrogen-bond donors (Lipinski definition) is 0. The average molecular weight is 413 g/mol. The van der Waals surface area contributed by atoms with Gasteiger partial charge in [-0.3, -0.25) is 10.1 Å². The van der Waals surface area contributed by atoms with Gasteiger partial charge in [0.25, 0.3) is 5.69 Å². The van der Waals surface area contributed by atoms with Crippen LogP contribution < -0.4 is 0 Å². The van der Waals surface area contributed by atoms with Crippen LogP contribution in [0.2, 0.25) is 0 Å². The molecule has 1 aromatic heterocycles. The van der Waals surface area contributed by atoms with E-state index in [4.69, 9.17) is 4.42 Å². The van der Waals surface area contributed by atoms with Crippen LogP contribution in [0.3, 0.4) is 0 Å². The van der Waals surface area contributed by atoms with Gasteiger partial charge in [-0.2, -0.15) is 0 Å². The highest BCUT2D eigenvalue weighted by Crippen LogP contribution is 2.33. The summed E-state index contributed by atoms with van der Waals surface area (Å²) >= 11 is 0. The number of nitrogens with zero attached hydrogens (tertiary/aromatic N) is 1. The zero-order valence-corrected chi connectivity index (χ0v) is 16.0. The molecule has 3 aromatic rings. The highest BCUT2D eigenvalue weighted by atomic mass is 32.2. The molecule has 0 amide bonds. The quantitative estimate of drug-likeness (QED) is 0.341. The third-order valence-electron chi connectivity index (χ3n) is 4.00. The van der Waals surface area contributed by atoms with E-state index in [2.05, 4.69) is 4.74 Å². The molecule has 0 N–H and O–H groups in total. The van der Waals surface area contributed by atoms with Crippen LogP contribution in [0.1, 0.15) is 21.9 Å². The first-order valence-corrected chi connectivity index (χ1v) is 9.76. The van der Waals surface area contributed by atoms with Crippen LogP contribution in [0.15, 0.2) is 76.0 Å². The molecule has 0 saturated carbocycles. The van der Waals surface area contributed by atoms with Crippen molar-refractivity contribution < 1.29 is 27.3 Å². The van der Waals surface area contributed by atoms with Gasteiger partial charge in [0.1, 0.15) is 10.7 Å². The topological polar surface area (TPSA) is 117 Å². The number of furan rings is 1. The fourth-order valence-corrected chi connectivity index (χ4v) is 4.03. The SMILES string of the molecule is COC(=O)c1ccc(/C(=C/c2ccccc2[N+](=O)[O-])S(=O)(=O)c2ccccc2)o1. The summed E-state index contributed by atoms with van der Waals surface area (Å²) < 4.78 is 36.5. The third-order valence-corrected chi connectivity index (χ3v) is 5.79. The number of methoxy groups -OCH3 is 1. The predicted molar refractivity (Wildman–Crippen MR) is 105 cm³/mol. The lowest BCUT2D eigenvalue weighted by Gasteiger charge is -2.08. The minimum atomic E-state index is -4.12. The molecule has 0 unspecified atom stereocenters. The summed E-state index contributed by atoms with van der Waals surface area (Å²) in [5.41, 5.74) is -0.198. The highest BCUT2D eigenvalue weighted by molar-refractivity contribution is 8.00. The summed E-state index contributed by atoms with van der Waals surface area (Å²) in [5.74, 6) is -1.12. The van der Waals surface area contributed by atoms with E-state index in [1.807, 2.05) is 0 Å². The molecule has 0 bridgehead atoms. The van der Waals surface area contributed by atoms with Crippen molar-refractivity contribution in [3.05, 3.63) is 93.9 Å². The van der Waals surface area contributed by atoms with Crippen LogP contribution in [0.5, 0.6) is 0 Å². The van der Waals surface area contributed by atoms with Crippen LogP contribution in [0, 0.1) is 10.1 Å². The van der Waals surface area contributed by atoms with Gasteiger partial charge in [-0.1, -0.05) is 30.3 Å². The molecule has 0 aliphatic heterocycles. The summed E-state index contributed by atoms with van der Waals surface area (Å²) in [6.45, 7) is 0. The van der Waals surface area contributed by atoms with Gasteiger partial charge in [0.05, 0.1) is 22.5 Å². The van der Waals surface area contributed by atoms with Crippen LogP contribution in [-0.4, -0.2) is 26.4 Å². The maximum atomic E-state index is 13.3. The van der Waals surface area contributed by atoms with Crippen LogP contribution in [0.25, 0.3) is 11.0 Å². The molecule has 2 aromatic carbocycles. The summed E-state index contributed by atoms with van der Waals surface area (Å²) in [7, 11) is -2.96. The second-order valence-corrected chi connectivity index (χ2v) is 7.71. The number of carbonyl (C=O) groups excluding carboxylic acids is 1. The lowest BCUT2D eigenvalue weighted by molar-refractivity contribution is -0.385. The van der Waals surface area contributed by atoms with Crippen molar-refractivity contribution in [2.75, 3.05) is 7.11 Å². The maximum absolute atomic E-state index is 13.3. The second-order valence-electron chi connectivity index (χ2n) is 5.80. The normalized spacial score (nSPS) is 11.8. The van der Waals surface area contributed by atoms with Crippen molar-refractivity contribution in [1.29, 1.82) is 0 Å². The van der Waals surface area contributed by atoms with Crippen LogP contribution in [-0.2, 0) is 14.6 Å². The first kappa shape index (κ1) is 20.0. The summed E-state index contributed by atoms with van der Waals surface area (Å²) in [6.07, 6.45) is 1.15. The molecule has 0 atom stereocenters. The van der Waals surface area contributed by atoms with E-state index < -0.39 is 20.7 Å². The molecule has 29 heavy (non-hydrogen) atoms. The van der Waals surface area contributed by atoms with Gasteiger partial charge in [-0.15, -0.1) is 0 Å². The van der Waals surface area contributed by atoms with Crippen LogP contribution >= 0.6 is 0 Å². The van der Waals surface area contributed by atoms with Gasteiger partial charge in [0.15, 0.2) is 0 Å². The molecule has 9 heteroatoms. The second kappa shape index (κ2) is 8.11. The molecule has 0 radical (unpaired) electrons. The number of benzene rings is 2. The Balaban J connectivity index is 2.24. The zero-order valence-electron chi connectivity index (χ0n) is 15.1. The molecule has 0 fully saturated rings. The molecular weight excluding hydrogens is 398 g/mol. The Kier molecular flexibility index (Phi) is 5.60. The van der Waals surface area contributed by atoms with Gasteiger partial charge in [-0.25, -0.2) is 13.2 Å². The van der Waals surface area contributed by atoms with E-state index in [1.54, 1.807) is 24.3 Å². The standard InChI is InChI=1S/C20H15NO7S/c1-27-20(22)18-12-11-17(28-18)19(29(25,26)15-8-3-2-4-9-15)13-14-7-5-6-10-16(14)21(23)24/h2-13H,1H3/b19-13-. The van der Waals surface area contributed by atoms with E-state index in [-0.39, 0.29) is 32.6 Å². The molecule has 148 valence electrons. The summed E-state index contributed by atoms with van der Waals surface area (Å²) in [4.78, 5) is 22.1. The van der Waals surface area contributed by atoms with Crippen molar-refractivity contribution >= 4 is 32.5 Å². The molecule has 0 aliphatic rings. The van der Waals surface area contributed by atoms with Crippen molar-refractivity contribution in [3.8, 4) is 0 Å². The molecule has 8 nitrogen and oxygen atoms in total. The highest BCUT2D eigenvalue weighted by Gasteiger charge is 2.27. The number of ether oxygens (including phenoxy) is 1. The number of nitro benzene ring substituents is 1. The Morgan fingerprint density at radius 3 is 2.28 bits per heavy atom. The Labute approximate surface area is 166 Å². The Morgan fingerprint density at radius 2 is 1.62 bits per heavy atom. The zero-order chi connectivity index (χ0) is 21.0. The van der Waals surface area contributed by atoms with Gasteiger partial charge in [0.2, 0.25) is 15.6 Å². The molecular formula is C20H15NO7S. The minimum absolute atomic E-state index is 0.0270. The van der Waals surface area contributed by atoms with Gasteiger partial charge in [0, 0.05) is 6.07 Å². The lowest BCUT2D eigenvalue weighted by Crippen LogP contribution is -2.04.